The molecule has 2 atom stereocenters. The van der Waals surface area contributed by atoms with Crippen molar-refractivity contribution in [1.29, 1.82) is 0 Å². The van der Waals surface area contributed by atoms with Gasteiger partial charge >= 0.3 is 0 Å². The van der Waals surface area contributed by atoms with Crippen LogP contribution in [-0.2, 0) is 9.59 Å². The number of rotatable bonds is 9. The Bertz CT molecular complexity index is 1370. The fourth-order valence-electron chi connectivity index (χ4n) is 4.66. The largest absolute Gasteiger partial charge is 0.333 e. The van der Waals surface area contributed by atoms with Gasteiger partial charge in [0.2, 0.25) is 11.8 Å². The van der Waals surface area contributed by atoms with Gasteiger partial charge in [0.25, 0.3) is 0 Å². The highest BCUT2D eigenvalue weighted by molar-refractivity contribution is 5.95. The molecule has 1 aliphatic rings. The van der Waals surface area contributed by atoms with Gasteiger partial charge in [-0.25, -0.2) is 9.07 Å². The van der Waals surface area contributed by atoms with Crippen LogP contribution in [0.2, 0.25) is 0 Å². The van der Waals surface area contributed by atoms with Gasteiger partial charge in [0.1, 0.15) is 11.6 Å². The van der Waals surface area contributed by atoms with E-state index in [1.54, 1.807) is 27.8 Å². The number of nitrogens with zero attached hydrogens (tertiary/aromatic N) is 3. The maximum absolute atomic E-state index is 13.5. The second-order valence-corrected chi connectivity index (χ2v) is 9.34. The van der Waals surface area contributed by atoms with Crippen LogP contribution in [0.4, 0.5) is 10.2 Å². The first kappa shape index (κ1) is 24.4. The highest BCUT2D eigenvalue weighted by atomic mass is 19.1. The molecule has 0 aliphatic heterocycles. The highest BCUT2D eigenvalue weighted by Gasteiger charge is 2.45. The Morgan fingerprint density at radius 1 is 1.00 bits per heavy atom. The molecule has 1 fully saturated rings. The van der Waals surface area contributed by atoms with E-state index in [1.165, 1.54) is 17.7 Å². The van der Waals surface area contributed by atoms with Gasteiger partial charge < -0.3 is 10.2 Å². The van der Waals surface area contributed by atoms with E-state index in [4.69, 9.17) is 0 Å². The molecule has 1 aromatic heterocycles. The smallest absolute Gasteiger partial charge is 0.245 e. The van der Waals surface area contributed by atoms with Crippen LogP contribution in [0.15, 0.2) is 91.0 Å². The fourth-order valence-corrected chi connectivity index (χ4v) is 4.66. The second kappa shape index (κ2) is 10.8. The number of halogens is 1. The normalized spacial score (nSPS) is 16.3. The lowest BCUT2D eigenvalue weighted by atomic mass is 10.1. The Balaban J connectivity index is 1.34. The molecule has 0 unspecified atom stereocenters. The van der Waals surface area contributed by atoms with Crippen LogP contribution in [-0.4, -0.2) is 39.6 Å². The number of aromatic nitrogens is 2. The lowest BCUT2D eigenvalue weighted by molar-refractivity contribution is -0.136. The highest BCUT2D eigenvalue weighted by Crippen LogP contribution is 2.48. The molecule has 1 heterocycles. The zero-order chi connectivity index (χ0) is 25.8. The van der Waals surface area contributed by atoms with Crippen molar-refractivity contribution in [3.63, 3.8) is 0 Å². The van der Waals surface area contributed by atoms with Gasteiger partial charge in [-0.15, -0.1) is 0 Å². The van der Waals surface area contributed by atoms with E-state index in [0.717, 1.165) is 18.4 Å². The van der Waals surface area contributed by atoms with Crippen molar-refractivity contribution < 1.29 is 14.0 Å². The summed E-state index contributed by atoms with van der Waals surface area (Å²) in [5, 5.41) is 7.60. The minimum atomic E-state index is -0.354. The number of carbonyl (C=O) groups is 2. The molecule has 0 radical (unpaired) electrons. The monoisotopic (exact) mass is 496 g/mol. The van der Waals surface area contributed by atoms with Crippen molar-refractivity contribution >= 4 is 17.6 Å². The van der Waals surface area contributed by atoms with Crippen LogP contribution >= 0.6 is 0 Å². The van der Waals surface area contributed by atoms with Gasteiger partial charge in [0, 0.05) is 24.1 Å². The van der Waals surface area contributed by atoms with E-state index in [0.29, 0.717) is 23.7 Å². The summed E-state index contributed by atoms with van der Waals surface area (Å²) in [7, 11) is 0. The molecule has 4 aromatic rings. The second-order valence-electron chi connectivity index (χ2n) is 9.34. The summed E-state index contributed by atoms with van der Waals surface area (Å²) in [5.41, 5.74) is 3.34. The van der Waals surface area contributed by atoms with Gasteiger partial charge in [-0.05, 0) is 48.6 Å². The first-order chi connectivity index (χ1) is 18.0. The summed E-state index contributed by atoms with van der Waals surface area (Å²) in [6, 6.07) is 27.4. The molecule has 1 N–H and O–H groups in total. The number of anilines is 1. The molecule has 1 saturated carbocycles. The molecule has 188 valence electrons. The zero-order valence-electron chi connectivity index (χ0n) is 20.7. The molecule has 3 aromatic carbocycles. The lowest BCUT2D eigenvalue weighted by Crippen LogP contribution is -2.39. The zero-order valence-corrected chi connectivity index (χ0v) is 20.7. The van der Waals surface area contributed by atoms with Crippen molar-refractivity contribution in [2.45, 2.75) is 25.7 Å². The molecular formula is C30H29FN4O2. The number of hydrogen-bond donors (Lipinski definition) is 1. The van der Waals surface area contributed by atoms with Gasteiger partial charge in [-0.2, -0.15) is 5.10 Å². The Kier molecular flexibility index (Phi) is 7.12. The number of carbonyl (C=O) groups excluding carboxylic acids is 2. The number of amides is 2. The van der Waals surface area contributed by atoms with Crippen LogP contribution in [0.1, 0.15) is 31.2 Å². The van der Waals surface area contributed by atoms with E-state index >= 15 is 0 Å². The predicted octanol–water partition coefficient (Wildman–Crippen LogP) is 5.66. The number of benzene rings is 3. The van der Waals surface area contributed by atoms with Crippen molar-refractivity contribution in [2.75, 3.05) is 18.4 Å². The average molecular weight is 497 g/mol. The Morgan fingerprint density at radius 2 is 1.68 bits per heavy atom. The van der Waals surface area contributed by atoms with Crippen molar-refractivity contribution in [3.05, 3.63) is 102 Å². The third kappa shape index (κ3) is 5.61. The van der Waals surface area contributed by atoms with Crippen molar-refractivity contribution in [3.8, 4) is 16.9 Å². The van der Waals surface area contributed by atoms with Gasteiger partial charge in [-0.1, -0.05) is 67.6 Å². The molecule has 0 saturated heterocycles. The van der Waals surface area contributed by atoms with Crippen LogP contribution in [0.25, 0.3) is 16.9 Å². The van der Waals surface area contributed by atoms with E-state index < -0.39 is 0 Å². The SMILES string of the molecule is CCCN(CC(=O)Nc1cc(-c2ccccc2)nn1-c1ccc(F)cc1)C(=O)[C@@H]1C[C@H]1c1ccccc1. The predicted molar refractivity (Wildman–Crippen MR) is 142 cm³/mol. The standard InChI is InChI=1S/C30H29FN4O2/c1-2-17-34(30(37)26-18-25(26)21-9-5-3-6-10-21)20-29(36)32-28-19-27(22-11-7-4-8-12-22)33-35(28)24-15-13-23(31)14-16-24/h3-16,19,25-26H,2,17-18,20H2,1H3,(H,32,36)/t25-,26+/m0/s1. The summed E-state index contributed by atoms with van der Waals surface area (Å²) in [6.07, 6.45) is 1.57. The number of hydrogen-bond acceptors (Lipinski definition) is 3. The van der Waals surface area contributed by atoms with E-state index in [2.05, 4.69) is 22.5 Å². The van der Waals surface area contributed by atoms with E-state index in [-0.39, 0.29) is 36.0 Å². The van der Waals surface area contributed by atoms with Gasteiger partial charge in [-0.3, -0.25) is 9.59 Å². The van der Waals surface area contributed by atoms with Crippen molar-refractivity contribution in [2.24, 2.45) is 5.92 Å². The third-order valence-electron chi connectivity index (χ3n) is 6.59. The maximum Gasteiger partial charge on any atom is 0.245 e. The minimum Gasteiger partial charge on any atom is -0.333 e. The fraction of sp³-hybridized carbons (Fsp3) is 0.233. The Morgan fingerprint density at radius 3 is 2.35 bits per heavy atom. The summed E-state index contributed by atoms with van der Waals surface area (Å²) < 4.78 is 15.1. The van der Waals surface area contributed by atoms with Crippen LogP contribution < -0.4 is 5.32 Å². The van der Waals surface area contributed by atoms with Crippen LogP contribution in [0.3, 0.4) is 0 Å². The molecule has 0 bridgehead atoms. The maximum atomic E-state index is 13.5. The first-order valence-electron chi connectivity index (χ1n) is 12.6. The Hall–Kier alpha value is -4.26. The van der Waals surface area contributed by atoms with Crippen LogP contribution in [0, 0.1) is 11.7 Å². The molecule has 7 heteroatoms. The van der Waals surface area contributed by atoms with Crippen LogP contribution in [0.5, 0.6) is 0 Å². The summed E-state index contributed by atoms with van der Waals surface area (Å²) in [4.78, 5) is 28.1. The Labute approximate surface area is 215 Å². The van der Waals surface area contributed by atoms with Gasteiger partial charge in [0.05, 0.1) is 17.9 Å². The molecule has 2 amide bonds. The summed E-state index contributed by atoms with van der Waals surface area (Å²) >= 11 is 0. The minimum absolute atomic E-state index is 0.0165. The number of nitrogens with one attached hydrogen (secondary N) is 1. The van der Waals surface area contributed by atoms with E-state index in [1.807, 2.05) is 55.5 Å². The molecule has 0 spiro atoms. The first-order valence-corrected chi connectivity index (χ1v) is 12.6. The molecule has 6 nitrogen and oxygen atoms in total. The van der Waals surface area contributed by atoms with Crippen molar-refractivity contribution in [1.82, 2.24) is 14.7 Å². The molecule has 5 rings (SSSR count). The molecular weight excluding hydrogens is 467 g/mol. The molecule has 37 heavy (non-hydrogen) atoms. The molecule has 1 aliphatic carbocycles. The topological polar surface area (TPSA) is 67.2 Å². The van der Waals surface area contributed by atoms with Gasteiger partial charge in [0.15, 0.2) is 0 Å². The average Bonchev–Trinajstić information content (AvgIpc) is 3.62. The quantitative estimate of drug-likeness (QED) is 0.325. The third-order valence-corrected chi connectivity index (χ3v) is 6.59. The summed E-state index contributed by atoms with van der Waals surface area (Å²) in [6.45, 7) is 2.46. The summed E-state index contributed by atoms with van der Waals surface area (Å²) in [5.74, 6) is -0.0644. The van der Waals surface area contributed by atoms with E-state index in [9.17, 15) is 14.0 Å². The lowest BCUT2D eigenvalue weighted by Gasteiger charge is -2.22.